The van der Waals surface area contributed by atoms with Crippen LogP contribution in [0.15, 0.2) is 33.6 Å². The molecule has 0 amide bonds. The van der Waals surface area contributed by atoms with Gasteiger partial charge in [-0.05, 0) is 38.1 Å². The number of likely N-dealkylation sites (N-methyl/N-ethyl adjacent to an activating group) is 1. The number of hydrogen-bond donors (Lipinski definition) is 0. The number of rotatable bonds is 6. The second-order valence-corrected chi connectivity index (χ2v) is 7.16. The number of halogens is 1. The molecular weight excluding hydrogens is 318 g/mol. The van der Waals surface area contributed by atoms with E-state index in [-0.39, 0.29) is 11.0 Å². The standard InChI is InChI=1S/C12H18BrNO3S/c1-10(2)17-9-8-14(3)18(15,16)12-6-4-11(13)5-7-12/h4-7,10H,8-9H2,1-3H3. The summed E-state index contributed by atoms with van der Waals surface area (Å²) < 4.78 is 31.9. The van der Waals surface area contributed by atoms with Crippen molar-refractivity contribution < 1.29 is 13.2 Å². The summed E-state index contributed by atoms with van der Waals surface area (Å²) in [5.41, 5.74) is 0. The quantitative estimate of drug-likeness (QED) is 0.802. The molecular formula is C12H18BrNO3S. The van der Waals surface area contributed by atoms with Gasteiger partial charge in [-0.3, -0.25) is 0 Å². The molecule has 18 heavy (non-hydrogen) atoms. The summed E-state index contributed by atoms with van der Waals surface area (Å²) in [6.45, 7) is 4.58. The molecule has 0 saturated carbocycles. The second kappa shape index (κ2) is 6.65. The summed E-state index contributed by atoms with van der Waals surface area (Å²) in [6.07, 6.45) is 0.105. The monoisotopic (exact) mass is 335 g/mol. The van der Waals surface area contributed by atoms with E-state index in [9.17, 15) is 8.42 Å². The van der Waals surface area contributed by atoms with Crippen molar-refractivity contribution in [3.8, 4) is 0 Å². The van der Waals surface area contributed by atoms with Crippen LogP contribution in [0.25, 0.3) is 0 Å². The molecule has 4 nitrogen and oxygen atoms in total. The lowest BCUT2D eigenvalue weighted by Crippen LogP contribution is -2.30. The zero-order valence-corrected chi connectivity index (χ0v) is 13.2. The van der Waals surface area contributed by atoms with Gasteiger partial charge < -0.3 is 4.74 Å². The molecule has 0 aliphatic heterocycles. The van der Waals surface area contributed by atoms with Crippen LogP contribution >= 0.6 is 15.9 Å². The fourth-order valence-electron chi connectivity index (χ4n) is 1.32. The Balaban J connectivity index is 2.71. The maximum atomic E-state index is 12.2. The Hall–Kier alpha value is -0.430. The predicted octanol–water partition coefficient (Wildman–Crippen LogP) is 2.49. The molecule has 0 aromatic heterocycles. The lowest BCUT2D eigenvalue weighted by atomic mass is 10.4. The number of benzene rings is 1. The Morgan fingerprint density at radius 1 is 1.28 bits per heavy atom. The summed E-state index contributed by atoms with van der Waals surface area (Å²) in [6, 6.07) is 6.59. The Bertz CT molecular complexity index is 471. The third-order valence-corrected chi connectivity index (χ3v) is 4.78. The van der Waals surface area contributed by atoms with E-state index in [2.05, 4.69) is 15.9 Å². The minimum Gasteiger partial charge on any atom is -0.377 e. The first-order valence-corrected chi connectivity index (χ1v) is 7.91. The fraction of sp³-hybridized carbons (Fsp3) is 0.500. The van der Waals surface area contributed by atoms with Crippen LogP contribution in [0, 0.1) is 0 Å². The van der Waals surface area contributed by atoms with Crippen molar-refractivity contribution >= 4 is 26.0 Å². The van der Waals surface area contributed by atoms with Crippen LogP contribution in [-0.2, 0) is 14.8 Å². The highest BCUT2D eigenvalue weighted by molar-refractivity contribution is 9.10. The summed E-state index contributed by atoms with van der Waals surface area (Å²) >= 11 is 3.28. The molecule has 0 spiro atoms. The molecule has 0 unspecified atom stereocenters. The van der Waals surface area contributed by atoms with Crippen molar-refractivity contribution in [3.05, 3.63) is 28.7 Å². The maximum Gasteiger partial charge on any atom is 0.242 e. The normalized spacial score (nSPS) is 12.3. The molecule has 102 valence electrons. The molecule has 0 radical (unpaired) electrons. The maximum absolute atomic E-state index is 12.2. The summed E-state index contributed by atoms with van der Waals surface area (Å²) in [7, 11) is -1.86. The zero-order valence-electron chi connectivity index (χ0n) is 10.8. The van der Waals surface area contributed by atoms with E-state index in [1.807, 2.05) is 13.8 Å². The van der Waals surface area contributed by atoms with Crippen LogP contribution in [0.2, 0.25) is 0 Å². The zero-order chi connectivity index (χ0) is 13.8. The van der Waals surface area contributed by atoms with Gasteiger partial charge in [-0.1, -0.05) is 15.9 Å². The molecule has 0 atom stereocenters. The van der Waals surface area contributed by atoms with Crippen molar-refractivity contribution in [1.82, 2.24) is 4.31 Å². The Labute approximate surface area is 117 Å². The minimum atomic E-state index is -3.42. The number of sulfonamides is 1. The molecule has 1 rings (SSSR count). The van der Waals surface area contributed by atoms with Crippen molar-refractivity contribution in [2.45, 2.75) is 24.8 Å². The van der Waals surface area contributed by atoms with Crippen LogP contribution in [0.1, 0.15) is 13.8 Å². The van der Waals surface area contributed by atoms with Crippen LogP contribution in [0.5, 0.6) is 0 Å². The number of ether oxygens (including phenoxy) is 1. The van der Waals surface area contributed by atoms with Crippen molar-refractivity contribution in [3.63, 3.8) is 0 Å². The molecule has 0 saturated heterocycles. The molecule has 6 heteroatoms. The second-order valence-electron chi connectivity index (χ2n) is 4.20. The Morgan fingerprint density at radius 2 is 1.83 bits per heavy atom. The molecule has 1 aromatic rings. The van der Waals surface area contributed by atoms with Gasteiger partial charge >= 0.3 is 0 Å². The van der Waals surface area contributed by atoms with Gasteiger partial charge in [-0.2, -0.15) is 4.31 Å². The predicted molar refractivity (Wildman–Crippen MR) is 75.0 cm³/mol. The lowest BCUT2D eigenvalue weighted by Gasteiger charge is -2.18. The fourth-order valence-corrected chi connectivity index (χ4v) is 2.74. The first-order valence-electron chi connectivity index (χ1n) is 5.67. The van der Waals surface area contributed by atoms with Crippen LogP contribution in [-0.4, -0.2) is 39.0 Å². The van der Waals surface area contributed by atoms with Gasteiger partial charge in [0.05, 0.1) is 17.6 Å². The highest BCUT2D eigenvalue weighted by atomic mass is 79.9. The largest absolute Gasteiger partial charge is 0.377 e. The van der Waals surface area contributed by atoms with E-state index in [1.165, 1.54) is 4.31 Å². The van der Waals surface area contributed by atoms with Crippen LogP contribution in [0.4, 0.5) is 0 Å². The van der Waals surface area contributed by atoms with Crippen molar-refractivity contribution in [2.75, 3.05) is 20.2 Å². The third kappa shape index (κ3) is 4.35. The molecule has 0 fully saturated rings. The van der Waals surface area contributed by atoms with E-state index in [4.69, 9.17) is 4.74 Å². The minimum absolute atomic E-state index is 0.105. The van der Waals surface area contributed by atoms with Crippen LogP contribution < -0.4 is 0 Å². The summed E-state index contributed by atoms with van der Waals surface area (Å²) in [4.78, 5) is 0.290. The Kier molecular flexibility index (Phi) is 5.78. The van der Waals surface area contributed by atoms with Gasteiger partial charge in [0.25, 0.3) is 0 Å². The van der Waals surface area contributed by atoms with E-state index >= 15 is 0 Å². The van der Waals surface area contributed by atoms with Crippen LogP contribution in [0.3, 0.4) is 0 Å². The van der Waals surface area contributed by atoms with Crippen molar-refractivity contribution in [2.24, 2.45) is 0 Å². The first kappa shape index (κ1) is 15.6. The van der Waals surface area contributed by atoms with Gasteiger partial charge in [0.2, 0.25) is 10.0 Å². The molecule has 0 aliphatic rings. The van der Waals surface area contributed by atoms with Gasteiger partial charge in [0.1, 0.15) is 0 Å². The van der Waals surface area contributed by atoms with E-state index in [0.717, 1.165) is 4.47 Å². The smallest absolute Gasteiger partial charge is 0.242 e. The van der Waals surface area contributed by atoms with Gasteiger partial charge in [-0.25, -0.2) is 8.42 Å². The third-order valence-electron chi connectivity index (χ3n) is 2.38. The molecule has 0 bridgehead atoms. The number of hydrogen-bond acceptors (Lipinski definition) is 3. The topological polar surface area (TPSA) is 46.6 Å². The molecule has 1 aromatic carbocycles. The Morgan fingerprint density at radius 3 is 2.33 bits per heavy atom. The molecule has 0 N–H and O–H groups in total. The average Bonchev–Trinajstić information content (AvgIpc) is 2.28. The summed E-state index contributed by atoms with van der Waals surface area (Å²) in [5.74, 6) is 0. The van der Waals surface area contributed by atoms with Gasteiger partial charge in [0.15, 0.2) is 0 Å². The number of nitrogens with zero attached hydrogens (tertiary/aromatic N) is 1. The molecule has 0 heterocycles. The van der Waals surface area contributed by atoms with E-state index < -0.39 is 10.0 Å². The van der Waals surface area contributed by atoms with E-state index in [0.29, 0.717) is 13.2 Å². The van der Waals surface area contributed by atoms with Gasteiger partial charge in [-0.15, -0.1) is 0 Å². The molecule has 0 aliphatic carbocycles. The SMILES string of the molecule is CC(C)OCCN(C)S(=O)(=O)c1ccc(Br)cc1. The van der Waals surface area contributed by atoms with Crippen molar-refractivity contribution in [1.29, 1.82) is 0 Å². The van der Waals surface area contributed by atoms with E-state index in [1.54, 1.807) is 31.3 Å². The highest BCUT2D eigenvalue weighted by Gasteiger charge is 2.20. The lowest BCUT2D eigenvalue weighted by molar-refractivity contribution is 0.0737. The van der Waals surface area contributed by atoms with Gasteiger partial charge in [0, 0.05) is 18.1 Å². The average molecular weight is 336 g/mol. The highest BCUT2D eigenvalue weighted by Crippen LogP contribution is 2.17. The summed E-state index contributed by atoms with van der Waals surface area (Å²) in [5, 5.41) is 0. The first-order chi connectivity index (χ1) is 8.34.